The number of hydrogen-bond donors (Lipinski definition) is 1. The van der Waals surface area contributed by atoms with Crippen LogP contribution in [0.5, 0.6) is 5.75 Å². The third kappa shape index (κ3) is 3.31. The lowest BCUT2D eigenvalue weighted by atomic mass is 10.1. The van der Waals surface area contributed by atoms with E-state index in [1.807, 2.05) is 36.9 Å². The van der Waals surface area contributed by atoms with E-state index in [4.69, 9.17) is 10.5 Å². The van der Waals surface area contributed by atoms with Crippen molar-refractivity contribution in [1.82, 2.24) is 4.90 Å². The summed E-state index contributed by atoms with van der Waals surface area (Å²) < 4.78 is 5.69. The Bertz CT molecular complexity index is 487. The van der Waals surface area contributed by atoms with E-state index in [2.05, 4.69) is 6.92 Å². The highest BCUT2D eigenvalue weighted by atomic mass is 16.5. The van der Waals surface area contributed by atoms with E-state index < -0.39 is 0 Å². The molecular weight excluding hydrogens is 252 g/mol. The summed E-state index contributed by atoms with van der Waals surface area (Å²) >= 11 is 0. The lowest BCUT2D eigenvalue weighted by Crippen LogP contribution is -2.37. The van der Waals surface area contributed by atoms with Gasteiger partial charge in [-0.3, -0.25) is 4.79 Å². The van der Waals surface area contributed by atoms with Gasteiger partial charge in [0.25, 0.3) is 5.91 Å². The van der Waals surface area contributed by atoms with Gasteiger partial charge in [-0.05, 0) is 56.8 Å². The van der Waals surface area contributed by atoms with E-state index in [9.17, 15) is 4.79 Å². The first-order chi connectivity index (χ1) is 9.51. The second-order valence-electron chi connectivity index (χ2n) is 5.79. The summed E-state index contributed by atoms with van der Waals surface area (Å²) in [6, 6.07) is 6.29. The third-order valence-corrected chi connectivity index (χ3v) is 4.01. The van der Waals surface area contributed by atoms with Gasteiger partial charge in [-0.1, -0.05) is 12.1 Å². The van der Waals surface area contributed by atoms with Crippen molar-refractivity contribution < 1.29 is 9.53 Å². The Morgan fingerprint density at radius 2 is 2.20 bits per heavy atom. The van der Waals surface area contributed by atoms with E-state index in [0.29, 0.717) is 12.5 Å². The molecular formula is C16H24N2O2. The molecule has 0 spiro atoms. The minimum absolute atomic E-state index is 0.0503. The normalized spacial score (nSPS) is 22.1. The summed E-state index contributed by atoms with van der Waals surface area (Å²) in [6.45, 7) is 7.58. The number of benzene rings is 1. The second-order valence-corrected chi connectivity index (χ2v) is 5.79. The Hall–Kier alpha value is -1.55. The van der Waals surface area contributed by atoms with E-state index in [1.165, 1.54) is 0 Å². The van der Waals surface area contributed by atoms with Crippen molar-refractivity contribution in [2.75, 3.05) is 19.7 Å². The van der Waals surface area contributed by atoms with Gasteiger partial charge in [-0.25, -0.2) is 0 Å². The standard InChI is InChI=1S/C16H24N2O2/c1-11-4-5-12(2)15(6-11)20-10-16(19)18-9-14(8-17)7-13(18)3/h4-6,13-14H,7-10,17H2,1-3H3. The Labute approximate surface area is 120 Å². The van der Waals surface area contributed by atoms with Gasteiger partial charge >= 0.3 is 0 Å². The van der Waals surface area contributed by atoms with E-state index >= 15 is 0 Å². The van der Waals surface area contributed by atoms with Gasteiger partial charge in [0.05, 0.1) is 0 Å². The molecule has 110 valence electrons. The van der Waals surface area contributed by atoms with Crippen LogP contribution in [0, 0.1) is 19.8 Å². The first kappa shape index (κ1) is 14.9. The fourth-order valence-corrected chi connectivity index (χ4v) is 2.75. The SMILES string of the molecule is Cc1ccc(C)c(OCC(=O)N2CC(CN)CC2C)c1. The van der Waals surface area contributed by atoms with Crippen LogP contribution in [0.2, 0.25) is 0 Å². The molecule has 0 radical (unpaired) electrons. The quantitative estimate of drug-likeness (QED) is 0.913. The monoisotopic (exact) mass is 276 g/mol. The highest BCUT2D eigenvalue weighted by molar-refractivity contribution is 5.78. The second kappa shape index (κ2) is 6.27. The number of nitrogens with zero attached hydrogens (tertiary/aromatic N) is 1. The zero-order chi connectivity index (χ0) is 14.7. The summed E-state index contributed by atoms with van der Waals surface area (Å²) in [6.07, 6.45) is 0.992. The minimum Gasteiger partial charge on any atom is -0.483 e. The van der Waals surface area contributed by atoms with Crippen LogP contribution in [-0.4, -0.2) is 36.5 Å². The van der Waals surface area contributed by atoms with Crippen molar-refractivity contribution in [3.8, 4) is 5.75 Å². The lowest BCUT2D eigenvalue weighted by molar-refractivity contribution is -0.134. The molecule has 1 aliphatic heterocycles. The smallest absolute Gasteiger partial charge is 0.260 e. The topological polar surface area (TPSA) is 55.6 Å². The van der Waals surface area contributed by atoms with E-state index in [-0.39, 0.29) is 18.6 Å². The largest absolute Gasteiger partial charge is 0.483 e. The van der Waals surface area contributed by atoms with Crippen LogP contribution in [0.1, 0.15) is 24.5 Å². The molecule has 0 saturated carbocycles. The van der Waals surface area contributed by atoms with Crippen LogP contribution in [0.25, 0.3) is 0 Å². The van der Waals surface area contributed by atoms with Crippen LogP contribution < -0.4 is 10.5 Å². The zero-order valence-electron chi connectivity index (χ0n) is 12.6. The molecule has 1 aromatic carbocycles. The van der Waals surface area contributed by atoms with Crippen molar-refractivity contribution in [3.05, 3.63) is 29.3 Å². The van der Waals surface area contributed by atoms with Crippen LogP contribution in [0.15, 0.2) is 18.2 Å². The molecule has 0 bridgehead atoms. The van der Waals surface area contributed by atoms with E-state index in [1.54, 1.807) is 0 Å². The Morgan fingerprint density at radius 3 is 2.85 bits per heavy atom. The highest BCUT2D eigenvalue weighted by Gasteiger charge is 2.31. The average Bonchev–Trinajstić information content (AvgIpc) is 2.81. The van der Waals surface area contributed by atoms with Gasteiger partial charge in [0.1, 0.15) is 5.75 Å². The fourth-order valence-electron chi connectivity index (χ4n) is 2.75. The van der Waals surface area contributed by atoms with E-state index in [0.717, 1.165) is 29.8 Å². The zero-order valence-corrected chi connectivity index (χ0v) is 12.6. The summed E-state index contributed by atoms with van der Waals surface area (Å²) in [5.41, 5.74) is 7.88. The maximum Gasteiger partial charge on any atom is 0.260 e. The van der Waals surface area contributed by atoms with Crippen LogP contribution in [0.3, 0.4) is 0 Å². The molecule has 1 saturated heterocycles. The van der Waals surface area contributed by atoms with Crippen molar-refractivity contribution in [3.63, 3.8) is 0 Å². The predicted molar refractivity (Wildman–Crippen MR) is 79.7 cm³/mol. The molecule has 2 N–H and O–H groups in total. The maximum absolute atomic E-state index is 12.2. The highest BCUT2D eigenvalue weighted by Crippen LogP contribution is 2.23. The van der Waals surface area contributed by atoms with Crippen LogP contribution in [-0.2, 0) is 4.79 Å². The first-order valence-corrected chi connectivity index (χ1v) is 7.21. The molecule has 0 aliphatic carbocycles. The molecule has 1 aliphatic rings. The molecule has 20 heavy (non-hydrogen) atoms. The van der Waals surface area contributed by atoms with Crippen LogP contribution in [0.4, 0.5) is 0 Å². The van der Waals surface area contributed by atoms with Crippen molar-refractivity contribution in [1.29, 1.82) is 0 Å². The van der Waals surface area contributed by atoms with Gasteiger partial charge in [0.2, 0.25) is 0 Å². The van der Waals surface area contributed by atoms with Gasteiger partial charge in [-0.15, -0.1) is 0 Å². The summed E-state index contributed by atoms with van der Waals surface area (Å²) in [5.74, 6) is 1.27. The van der Waals surface area contributed by atoms with Crippen molar-refractivity contribution in [2.45, 2.75) is 33.2 Å². The Balaban J connectivity index is 1.94. The molecule has 2 rings (SSSR count). The summed E-state index contributed by atoms with van der Waals surface area (Å²) in [4.78, 5) is 14.1. The molecule has 1 aromatic rings. The number of likely N-dealkylation sites (tertiary alicyclic amines) is 1. The third-order valence-electron chi connectivity index (χ3n) is 4.01. The maximum atomic E-state index is 12.2. The summed E-state index contributed by atoms with van der Waals surface area (Å²) in [7, 11) is 0. The molecule has 1 heterocycles. The average molecular weight is 276 g/mol. The molecule has 2 unspecified atom stereocenters. The molecule has 2 atom stereocenters. The number of carbonyl (C=O) groups excluding carboxylic acids is 1. The molecule has 4 heteroatoms. The molecule has 1 fully saturated rings. The summed E-state index contributed by atoms with van der Waals surface area (Å²) in [5, 5.41) is 0. The van der Waals surface area contributed by atoms with Gasteiger partial charge in [0.15, 0.2) is 6.61 Å². The Morgan fingerprint density at radius 1 is 1.45 bits per heavy atom. The number of carbonyl (C=O) groups is 1. The molecule has 4 nitrogen and oxygen atoms in total. The molecule has 0 aromatic heterocycles. The number of aryl methyl sites for hydroxylation is 2. The van der Waals surface area contributed by atoms with Crippen molar-refractivity contribution >= 4 is 5.91 Å². The van der Waals surface area contributed by atoms with Gasteiger partial charge in [0, 0.05) is 12.6 Å². The van der Waals surface area contributed by atoms with Crippen molar-refractivity contribution in [2.24, 2.45) is 11.7 Å². The predicted octanol–water partition coefficient (Wildman–Crippen LogP) is 1.88. The lowest BCUT2D eigenvalue weighted by Gasteiger charge is -2.22. The number of rotatable bonds is 4. The molecule has 1 amide bonds. The number of hydrogen-bond acceptors (Lipinski definition) is 3. The van der Waals surface area contributed by atoms with Crippen LogP contribution >= 0.6 is 0 Å². The number of amides is 1. The Kier molecular flexibility index (Phi) is 4.65. The number of nitrogens with two attached hydrogens (primary N) is 1. The van der Waals surface area contributed by atoms with Gasteiger partial charge < -0.3 is 15.4 Å². The van der Waals surface area contributed by atoms with Gasteiger partial charge in [-0.2, -0.15) is 0 Å². The number of ether oxygens (including phenoxy) is 1. The minimum atomic E-state index is 0.0503. The fraction of sp³-hybridized carbons (Fsp3) is 0.562. The first-order valence-electron chi connectivity index (χ1n) is 7.21.